The predicted molar refractivity (Wildman–Crippen MR) is 67.8 cm³/mol. The van der Waals surface area contributed by atoms with Crippen molar-refractivity contribution in [2.24, 2.45) is 0 Å². The standard InChI is InChI=1S/C12H16N4O2/c1-8-4-10(17-2)11(18-3)5-9(8)6-16-7-12(13)14-15-16/h4-5,7H,6,13H2,1-3H3. The molecule has 0 spiro atoms. The smallest absolute Gasteiger partial charge is 0.165 e. The molecule has 0 aliphatic carbocycles. The minimum Gasteiger partial charge on any atom is -0.493 e. The lowest BCUT2D eigenvalue weighted by atomic mass is 10.1. The molecular weight excluding hydrogens is 232 g/mol. The zero-order valence-electron chi connectivity index (χ0n) is 10.7. The van der Waals surface area contributed by atoms with E-state index in [1.165, 1.54) is 0 Å². The van der Waals surface area contributed by atoms with Crippen LogP contribution >= 0.6 is 0 Å². The van der Waals surface area contributed by atoms with Gasteiger partial charge < -0.3 is 15.2 Å². The van der Waals surface area contributed by atoms with Gasteiger partial charge in [-0.3, -0.25) is 0 Å². The Morgan fingerprint density at radius 1 is 1.22 bits per heavy atom. The first-order valence-electron chi connectivity index (χ1n) is 5.51. The average Bonchev–Trinajstić information content (AvgIpc) is 2.77. The van der Waals surface area contributed by atoms with Crippen LogP contribution in [0.15, 0.2) is 18.3 Å². The fraction of sp³-hybridized carbons (Fsp3) is 0.333. The zero-order valence-corrected chi connectivity index (χ0v) is 10.7. The second-order valence-electron chi connectivity index (χ2n) is 3.97. The number of nitrogens with two attached hydrogens (primary N) is 1. The summed E-state index contributed by atoms with van der Waals surface area (Å²) >= 11 is 0. The van der Waals surface area contributed by atoms with Gasteiger partial charge in [-0.2, -0.15) is 0 Å². The van der Waals surface area contributed by atoms with Gasteiger partial charge in [0.25, 0.3) is 0 Å². The van der Waals surface area contributed by atoms with E-state index in [1.807, 2.05) is 19.1 Å². The summed E-state index contributed by atoms with van der Waals surface area (Å²) in [6.07, 6.45) is 1.69. The summed E-state index contributed by atoms with van der Waals surface area (Å²) in [7, 11) is 3.24. The molecule has 1 aromatic heterocycles. The molecule has 0 saturated heterocycles. The third kappa shape index (κ3) is 2.37. The van der Waals surface area contributed by atoms with E-state index in [9.17, 15) is 0 Å². The van der Waals surface area contributed by atoms with E-state index >= 15 is 0 Å². The molecular formula is C12H16N4O2. The highest BCUT2D eigenvalue weighted by molar-refractivity contribution is 5.47. The maximum absolute atomic E-state index is 5.53. The molecule has 2 aromatic rings. The van der Waals surface area contributed by atoms with Gasteiger partial charge in [0.15, 0.2) is 17.3 Å². The van der Waals surface area contributed by atoms with Crippen LogP contribution in [0.25, 0.3) is 0 Å². The Balaban J connectivity index is 2.33. The molecule has 2 N–H and O–H groups in total. The molecule has 96 valence electrons. The van der Waals surface area contributed by atoms with Crippen LogP contribution < -0.4 is 15.2 Å². The van der Waals surface area contributed by atoms with Gasteiger partial charge in [0.2, 0.25) is 0 Å². The summed E-state index contributed by atoms with van der Waals surface area (Å²) in [4.78, 5) is 0. The molecule has 0 atom stereocenters. The zero-order chi connectivity index (χ0) is 13.1. The molecule has 6 nitrogen and oxygen atoms in total. The van der Waals surface area contributed by atoms with Crippen molar-refractivity contribution in [3.8, 4) is 11.5 Å². The van der Waals surface area contributed by atoms with E-state index in [2.05, 4.69) is 10.3 Å². The lowest BCUT2D eigenvalue weighted by Crippen LogP contribution is -2.03. The summed E-state index contributed by atoms with van der Waals surface area (Å²) in [6, 6.07) is 3.88. The predicted octanol–water partition coefficient (Wildman–Crippen LogP) is 1.23. The van der Waals surface area contributed by atoms with Crippen LogP contribution in [0.5, 0.6) is 11.5 Å². The quantitative estimate of drug-likeness (QED) is 0.880. The van der Waals surface area contributed by atoms with Crippen LogP contribution in [0, 0.1) is 6.92 Å². The van der Waals surface area contributed by atoms with E-state index in [-0.39, 0.29) is 0 Å². The number of nitrogens with zero attached hydrogens (tertiary/aromatic N) is 3. The first-order valence-corrected chi connectivity index (χ1v) is 5.51. The molecule has 18 heavy (non-hydrogen) atoms. The normalized spacial score (nSPS) is 10.4. The lowest BCUT2D eigenvalue weighted by Gasteiger charge is -2.12. The molecule has 0 aliphatic rings. The molecule has 0 bridgehead atoms. The molecule has 0 saturated carbocycles. The summed E-state index contributed by atoms with van der Waals surface area (Å²) in [6.45, 7) is 2.61. The minimum absolute atomic E-state index is 0.410. The highest BCUT2D eigenvalue weighted by atomic mass is 16.5. The van der Waals surface area contributed by atoms with Gasteiger partial charge in [-0.15, -0.1) is 5.10 Å². The number of anilines is 1. The maximum atomic E-state index is 5.53. The SMILES string of the molecule is COc1cc(C)c(Cn2cc(N)nn2)cc1OC. The topological polar surface area (TPSA) is 75.2 Å². The lowest BCUT2D eigenvalue weighted by molar-refractivity contribution is 0.354. The van der Waals surface area contributed by atoms with Crippen molar-refractivity contribution in [2.75, 3.05) is 20.0 Å². The number of aromatic nitrogens is 3. The Morgan fingerprint density at radius 3 is 2.44 bits per heavy atom. The van der Waals surface area contributed by atoms with Crippen LogP contribution in [0.2, 0.25) is 0 Å². The van der Waals surface area contributed by atoms with Crippen LogP contribution in [-0.4, -0.2) is 29.2 Å². The average molecular weight is 248 g/mol. The van der Waals surface area contributed by atoms with Crippen molar-refractivity contribution in [2.45, 2.75) is 13.5 Å². The molecule has 1 heterocycles. The molecule has 0 amide bonds. The number of hydrogen-bond acceptors (Lipinski definition) is 5. The van der Waals surface area contributed by atoms with Crippen LogP contribution in [0.4, 0.5) is 5.82 Å². The monoisotopic (exact) mass is 248 g/mol. The van der Waals surface area contributed by atoms with E-state index in [0.29, 0.717) is 18.1 Å². The molecule has 0 fully saturated rings. The Bertz CT molecular complexity index is 551. The molecule has 0 unspecified atom stereocenters. The molecule has 0 aliphatic heterocycles. The number of methoxy groups -OCH3 is 2. The maximum Gasteiger partial charge on any atom is 0.165 e. The van der Waals surface area contributed by atoms with Gasteiger partial charge in [-0.25, -0.2) is 4.68 Å². The van der Waals surface area contributed by atoms with Gasteiger partial charge in [-0.1, -0.05) is 5.21 Å². The van der Waals surface area contributed by atoms with Gasteiger partial charge in [0, 0.05) is 0 Å². The van der Waals surface area contributed by atoms with E-state index in [4.69, 9.17) is 15.2 Å². The van der Waals surface area contributed by atoms with E-state index in [1.54, 1.807) is 25.1 Å². The second-order valence-corrected chi connectivity index (χ2v) is 3.97. The summed E-state index contributed by atoms with van der Waals surface area (Å²) < 4.78 is 12.2. The van der Waals surface area contributed by atoms with E-state index < -0.39 is 0 Å². The van der Waals surface area contributed by atoms with Crippen molar-refractivity contribution in [1.29, 1.82) is 0 Å². The molecule has 2 rings (SSSR count). The van der Waals surface area contributed by atoms with Gasteiger partial charge >= 0.3 is 0 Å². The summed E-state index contributed by atoms with van der Waals surface area (Å²) in [5.74, 6) is 1.83. The highest BCUT2D eigenvalue weighted by Crippen LogP contribution is 2.30. The van der Waals surface area contributed by atoms with Crippen molar-refractivity contribution in [3.05, 3.63) is 29.5 Å². The first kappa shape index (κ1) is 12.2. The van der Waals surface area contributed by atoms with Crippen LogP contribution in [-0.2, 0) is 6.54 Å². The largest absolute Gasteiger partial charge is 0.493 e. The van der Waals surface area contributed by atoms with Crippen molar-refractivity contribution in [3.63, 3.8) is 0 Å². The van der Waals surface area contributed by atoms with Crippen LogP contribution in [0.3, 0.4) is 0 Å². The minimum atomic E-state index is 0.410. The highest BCUT2D eigenvalue weighted by Gasteiger charge is 2.09. The molecule has 0 radical (unpaired) electrons. The summed E-state index contributed by atoms with van der Waals surface area (Å²) in [5, 5.41) is 7.67. The van der Waals surface area contributed by atoms with Gasteiger partial charge in [0.1, 0.15) is 0 Å². The number of nitrogen functional groups attached to an aromatic ring is 1. The van der Waals surface area contributed by atoms with Crippen molar-refractivity contribution >= 4 is 5.82 Å². The number of benzene rings is 1. The second kappa shape index (κ2) is 4.95. The third-order valence-corrected chi connectivity index (χ3v) is 2.73. The van der Waals surface area contributed by atoms with Crippen molar-refractivity contribution in [1.82, 2.24) is 15.0 Å². The fourth-order valence-corrected chi connectivity index (χ4v) is 1.76. The fourth-order valence-electron chi connectivity index (χ4n) is 1.76. The summed E-state index contributed by atoms with van der Waals surface area (Å²) in [5.41, 5.74) is 7.71. The number of ether oxygens (including phenoxy) is 2. The Hall–Kier alpha value is -2.24. The van der Waals surface area contributed by atoms with E-state index in [0.717, 1.165) is 16.9 Å². The van der Waals surface area contributed by atoms with Gasteiger partial charge in [-0.05, 0) is 30.2 Å². The van der Waals surface area contributed by atoms with Gasteiger partial charge in [0.05, 0.1) is 27.0 Å². The third-order valence-electron chi connectivity index (χ3n) is 2.73. The first-order chi connectivity index (χ1) is 8.63. The number of hydrogen-bond donors (Lipinski definition) is 1. The Labute approximate surface area is 105 Å². The molecule has 1 aromatic carbocycles. The van der Waals surface area contributed by atoms with Crippen LogP contribution in [0.1, 0.15) is 11.1 Å². The molecule has 6 heteroatoms. The Kier molecular flexibility index (Phi) is 3.36. The van der Waals surface area contributed by atoms with Crippen molar-refractivity contribution < 1.29 is 9.47 Å². The number of aryl methyl sites for hydroxylation is 1. The number of rotatable bonds is 4. The Morgan fingerprint density at radius 2 is 1.89 bits per heavy atom.